The van der Waals surface area contributed by atoms with Gasteiger partial charge < -0.3 is 4.90 Å². The van der Waals surface area contributed by atoms with Crippen LogP contribution in [0.1, 0.15) is 12.1 Å². The van der Waals surface area contributed by atoms with Crippen LogP contribution in [0.2, 0.25) is 0 Å². The molecule has 1 saturated carbocycles. The average molecular weight is 286 g/mol. The van der Waals surface area contributed by atoms with Gasteiger partial charge in [-0.1, -0.05) is 12.0 Å². The zero-order valence-corrected chi connectivity index (χ0v) is 12.0. The molecular formula is C18H14N4. The SMILES string of the molecule is [C-]#[N+]c1cncc(N2CC3CC3(C#Cc3ccccn3)C2)c1. The van der Waals surface area contributed by atoms with E-state index in [1.807, 2.05) is 30.5 Å². The van der Waals surface area contributed by atoms with Crippen molar-refractivity contribution in [1.29, 1.82) is 0 Å². The molecule has 2 fully saturated rings. The lowest BCUT2D eigenvalue weighted by atomic mass is 10.1. The predicted octanol–water partition coefficient (Wildman–Crippen LogP) is 2.91. The monoisotopic (exact) mass is 286 g/mol. The summed E-state index contributed by atoms with van der Waals surface area (Å²) in [5, 5.41) is 0. The van der Waals surface area contributed by atoms with Crippen molar-refractivity contribution in [2.45, 2.75) is 6.42 Å². The highest BCUT2D eigenvalue weighted by atomic mass is 15.2. The Labute approximate surface area is 129 Å². The van der Waals surface area contributed by atoms with Crippen molar-refractivity contribution < 1.29 is 0 Å². The van der Waals surface area contributed by atoms with Gasteiger partial charge in [0, 0.05) is 37.4 Å². The fourth-order valence-electron chi connectivity index (χ4n) is 3.15. The number of fused-ring (bicyclic) bond motifs is 1. The highest BCUT2D eigenvalue weighted by Gasteiger charge is 2.59. The van der Waals surface area contributed by atoms with E-state index in [0.29, 0.717) is 11.6 Å². The maximum absolute atomic E-state index is 7.10. The third kappa shape index (κ3) is 2.19. The molecule has 2 unspecified atom stereocenters. The van der Waals surface area contributed by atoms with E-state index in [2.05, 4.69) is 31.6 Å². The molecule has 1 aliphatic carbocycles. The standard InChI is InChI=1S/C18H14N4/c1-19-16-8-17(11-20-10-16)22-12-14-9-18(14,13-22)6-5-15-4-2-3-7-21-15/h2-4,7-8,10-11,14H,9,12-13H2. The summed E-state index contributed by atoms with van der Waals surface area (Å²) in [6.07, 6.45) is 6.37. The van der Waals surface area contributed by atoms with E-state index in [1.165, 1.54) is 6.42 Å². The molecule has 0 amide bonds. The van der Waals surface area contributed by atoms with Gasteiger partial charge in [-0.3, -0.25) is 4.98 Å². The van der Waals surface area contributed by atoms with E-state index in [-0.39, 0.29) is 5.41 Å². The second-order valence-corrected chi connectivity index (χ2v) is 5.92. The zero-order valence-electron chi connectivity index (χ0n) is 12.0. The molecule has 0 bridgehead atoms. The van der Waals surface area contributed by atoms with Gasteiger partial charge in [0.25, 0.3) is 0 Å². The van der Waals surface area contributed by atoms with Crippen molar-refractivity contribution >= 4 is 11.4 Å². The molecule has 4 nitrogen and oxygen atoms in total. The van der Waals surface area contributed by atoms with Crippen LogP contribution in [0.15, 0.2) is 42.9 Å². The summed E-state index contributed by atoms with van der Waals surface area (Å²) in [6, 6.07) is 7.71. The highest BCUT2D eigenvalue weighted by molar-refractivity contribution is 5.58. The van der Waals surface area contributed by atoms with E-state index in [4.69, 9.17) is 6.57 Å². The Balaban J connectivity index is 1.54. The minimum atomic E-state index is 0.103. The van der Waals surface area contributed by atoms with Gasteiger partial charge in [-0.25, -0.2) is 9.83 Å². The van der Waals surface area contributed by atoms with Crippen molar-refractivity contribution in [2.75, 3.05) is 18.0 Å². The molecule has 3 heterocycles. The van der Waals surface area contributed by atoms with Crippen molar-refractivity contribution in [3.8, 4) is 11.8 Å². The minimum Gasteiger partial charge on any atom is -0.369 e. The topological polar surface area (TPSA) is 33.4 Å². The Hall–Kier alpha value is -2.85. The fraction of sp³-hybridized carbons (Fsp3) is 0.278. The van der Waals surface area contributed by atoms with E-state index in [9.17, 15) is 0 Å². The quantitative estimate of drug-likeness (QED) is 0.597. The zero-order chi connectivity index (χ0) is 15.0. The highest BCUT2D eigenvalue weighted by Crippen LogP contribution is 2.58. The lowest BCUT2D eigenvalue weighted by molar-refractivity contribution is 0.706. The van der Waals surface area contributed by atoms with Crippen LogP contribution in [0.4, 0.5) is 11.4 Å². The predicted molar refractivity (Wildman–Crippen MR) is 84.4 cm³/mol. The maximum atomic E-state index is 7.10. The number of hydrogen-bond donors (Lipinski definition) is 0. The molecule has 2 aliphatic rings. The lowest BCUT2D eigenvalue weighted by Gasteiger charge is -2.21. The summed E-state index contributed by atoms with van der Waals surface area (Å²) in [5.74, 6) is 7.28. The van der Waals surface area contributed by atoms with Gasteiger partial charge in [-0.05, 0) is 36.5 Å². The van der Waals surface area contributed by atoms with Gasteiger partial charge >= 0.3 is 0 Å². The molecule has 4 heteroatoms. The third-order valence-corrected chi connectivity index (χ3v) is 4.45. The number of rotatable bonds is 1. The van der Waals surface area contributed by atoms with Crippen LogP contribution in [0.25, 0.3) is 4.85 Å². The summed E-state index contributed by atoms with van der Waals surface area (Å²) in [7, 11) is 0. The summed E-state index contributed by atoms with van der Waals surface area (Å²) >= 11 is 0. The van der Waals surface area contributed by atoms with Gasteiger partial charge in [-0.15, -0.1) is 0 Å². The van der Waals surface area contributed by atoms with E-state index >= 15 is 0 Å². The summed E-state index contributed by atoms with van der Waals surface area (Å²) in [4.78, 5) is 14.2. The normalized spacial score (nSPS) is 24.9. The van der Waals surface area contributed by atoms with Crippen molar-refractivity contribution in [2.24, 2.45) is 11.3 Å². The molecule has 4 rings (SSSR count). The number of anilines is 1. The van der Waals surface area contributed by atoms with Crippen LogP contribution >= 0.6 is 0 Å². The van der Waals surface area contributed by atoms with Crippen LogP contribution < -0.4 is 4.90 Å². The smallest absolute Gasteiger partial charge is 0.207 e. The molecular weight excluding hydrogens is 272 g/mol. The van der Waals surface area contributed by atoms with Crippen molar-refractivity contribution in [3.05, 3.63) is 60.0 Å². The van der Waals surface area contributed by atoms with Crippen molar-refractivity contribution in [3.63, 3.8) is 0 Å². The number of pyridine rings is 2. The molecule has 1 aliphatic heterocycles. The first-order valence-corrected chi connectivity index (χ1v) is 7.31. The largest absolute Gasteiger partial charge is 0.369 e. The maximum Gasteiger partial charge on any atom is 0.207 e. The number of hydrogen-bond acceptors (Lipinski definition) is 3. The van der Waals surface area contributed by atoms with Gasteiger partial charge in [-0.2, -0.15) is 0 Å². The van der Waals surface area contributed by atoms with Gasteiger partial charge in [0.15, 0.2) is 0 Å². The lowest BCUT2D eigenvalue weighted by Crippen LogP contribution is -2.24. The molecule has 2 aromatic rings. The van der Waals surface area contributed by atoms with Crippen LogP contribution in [0.3, 0.4) is 0 Å². The first kappa shape index (κ1) is 12.9. The third-order valence-electron chi connectivity index (χ3n) is 4.45. The summed E-state index contributed by atoms with van der Waals surface area (Å²) in [5.41, 5.74) is 2.55. The first-order chi connectivity index (χ1) is 10.8. The number of nitrogens with zero attached hydrogens (tertiary/aromatic N) is 4. The van der Waals surface area contributed by atoms with Crippen LogP contribution in [0.5, 0.6) is 0 Å². The molecule has 0 spiro atoms. The number of piperidine rings is 1. The molecule has 2 aromatic heterocycles. The van der Waals surface area contributed by atoms with Gasteiger partial charge in [0.05, 0.1) is 12.0 Å². The van der Waals surface area contributed by atoms with E-state index in [1.54, 1.807) is 12.4 Å². The second-order valence-electron chi connectivity index (χ2n) is 5.92. The van der Waals surface area contributed by atoms with E-state index < -0.39 is 0 Å². The molecule has 0 N–H and O–H groups in total. The Morgan fingerprint density at radius 2 is 2.32 bits per heavy atom. The molecule has 1 saturated heterocycles. The second kappa shape index (κ2) is 4.86. The van der Waals surface area contributed by atoms with Crippen LogP contribution in [-0.2, 0) is 0 Å². The summed E-state index contributed by atoms with van der Waals surface area (Å²) in [6.45, 7) is 9.01. The molecule has 106 valence electrons. The van der Waals surface area contributed by atoms with Crippen LogP contribution in [-0.4, -0.2) is 23.1 Å². The molecule has 0 aromatic carbocycles. The summed E-state index contributed by atoms with van der Waals surface area (Å²) < 4.78 is 0. The Bertz CT molecular complexity index is 812. The van der Waals surface area contributed by atoms with Gasteiger partial charge in [0.1, 0.15) is 5.69 Å². The molecule has 22 heavy (non-hydrogen) atoms. The molecule has 0 radical (unpaired) electrons. The number of aromatic nitrogens is 2. The Kier molecular flexibility index (Phi) is 2.84. The van der Waals surface area contributed by atoms with E-state index in [0.717, 1.165) is 24.5 Å². The van der Waals surface area contributed by atoms with Crippen molar-refractivity contribution in [1.82, 2.24) is 9.97 Å². The average Bonchev–Trinajstić information content (AvgIpc) is 3.14. The molecule has 2 atom stereocenters. The first-order valence-electron chi connectivity index (χ1n) is 7.31. The fourth-order valence-corrected chi connectivity index (χ4v) is 3.15. The Morgan fingerprint density at radius 3 is 3.14 bits per heavy atom. The Morgan fingerprint density at radius 1 is 1.36 bits per heavy atom. The van der Waals surface area contributed by atoms with Crippen LogP contribution in [0, 0.1) is 29.7 Å². The minimum absolute atomic E-state index is 0.103. The van der Waals surface area contributed by atoms with Gasteiger partial charge in [0.2, 0.25) is 5.69 Å².